The van der Waals surface area contributed by atoms with E-state index in [4.69, 9.17) is 0 Å². The van der Waals surface area contributed by atoms with Crippen molar-refractivity contribution >= 4 is 17.5 Å². The lowest BCUT2D eigenvalue weighted by molar-refractivity contribution is -0.114. The molecule has 0 amide bonds. The van der Waals surface area contributed by atoms with E-state index in [-0.39, 0.29) is 5.78 Å². The highest BCUT2D eigenvalue weighted by Gasteiger charge is 2.06. The van der Waals surface area contributed by atoms with Crippen molar-refractivity contribution in [2.45, 2.75) is 19.0 Å². The smallest absolute Gasteiger partial charge is 0.209 e. The van der Waals surface area contributed by atoms with Crippen LogP contribution < -0.4 is 0 Å². The number of nitrogens with zero attached hydrogens (tertiary/aromatic N) is 2. The summed E-state index contributed by atoms with van der Waals surface area (Å²) in [4.78, 5) is 15.2. The first-order valence-electron chi connectivity index (χ1n) is 7.27. The summed E-state index contributed by atoms with van der Waals surface area (Å²) in [7, 11) is 0. The minimum absolute atomic E-state index is 0.122. The van der Waals surface area contributed by atoms with Crippen LogP contribution in [-0.4, -0.2) is 26.7 Å². The van der Waals surface area contributed by atoms with Gasteiger partial charge in [-0.15, -0.1) is 5.10 Å². The number of nitrogens with one attached hydrogen (secondary N) is 1. The van der Waals surface area contributed by atoms with Crippen LogP contribution in [0.1, 0.15) is 12.5 Å². The molecule has 23 heavy (non-hydrogen) atoms. The van der Waals surface area contributed by atoms with Gasteiger partial charge in [0.2, 0.25) is 5.16 Å². The largest absolute Gasteiger partial charge is 0.299 e. The molecule has 0 unspecified atom stereocenters. The zero-order valence-electron chi connectivity index (χ0n) is 13.2. The lowest BCUT2D eigenvalue weighted by Gasteiger charge is -1.95. The highest BCUT2D eigenvalue weighted by atomic mass is 32.2. The first kappa shape index (κ1) is 17.0. The number of aromatic amines is 1. The van der Waals surface area contributed by atoms with Crippen molar-refractivity contribution in [2.75, 3.05) is 5.75 Å². The van der Waals surface area contributed by atoms with Crippen molar-refractivity contribution in [3.63, 3.8) is 0 Å². The Morgan fingerprint density at radius 2 is 1.61 bits per heavy atom. The molecule has 4 nitrogen and oxygen atoms in total. The molecule has 0 fully saturated rings. The molecule has 0 spiro atoms. The molecule has 0 saturated carbocycles. The fourth-order valence-electron chi connectivity index (χ4n) is 1.70. The standard InChI is InChI=1S/C12H13N3OS.C6H6/c1-8-3-5-10(6-4-8)11-13-12(15-14-11)17-7-9(2)16;1-2-4-6-5-3-1/h3-6H,7H2,1-2H3,(H,13,14,15);1-6H. The van der Waals surface area contributed by atoms with Gasteiger partial charge >= 0.3 is 0 Å². The molecular weight excluding hydrogens is 306 g/mol. The molecule has 0 saturated heterocycles. The van der Waals surface area contributed by atoms with Gasteiger partial charge in [-0.05, 0) is 13.8 Å². The van der Waals surface area contributed by atoms with Gasteiger partial charge in [0.05, 0.1) is 5.75 Å². The highest BCUT2D eigenvalue weighted by molar-refractivity contribution is 7.99. The molecule has 0 aliphatic heterocycles. The topological polar surface area (TPSA) is 58.6 Å². The predicted molar refractivity (Wildman–Crippen MR) is 94.4 cm³/mol. The van der Waals surface area contributed by atoms with Crippen molar-refractivity contribution in [2.24, 2.45) is 0 Å². The average molecular weight is 325 g/mol. The number of thioether (sulfide) groups is 1. The van der Waals surface area contributed by atoms with E-state index in [1.165, 1.54) is 17.3 Å². The number of benzene rings is 2. The predicted octanol–water partition coefficient (Wildman–Crippen LogP) is 4.15. The van der Waals surface area contributed by atoms with Crippen LogP contribution in [0.25, 0.3) is 11.4 Å². The Kier molecular flexibility index (Phi) is 6.56. The van der Waals surface area contributed by atoms with Gasteiger partial charge in [0.25, 0.3) is 0 Å². The van der Waals surface area contributed by atoms with Crippen LogP contribution in [0.15, 0.2) is 65.8 Å². The quantitative estimate of drug-likeness (QED) is 0.732. The summed E-state index contributed by atoms with van der Waals surface area (Å²) in [5.74, 6) is 1.26. The molecule has 118 valence electrons. The van der Waals surface area contributed by atoms with Gasteiger partial charge in [0.1, 0.15) is 5.78 Å². The van der Waals surface area contributed by atoms with E-state index in [1.54, 1.807) is 6.92 Å². The van der Waals surface area contributed by atoms with Crippen LogP contribution in [0, 0.1) is 6.92 Å². The molecule has 0 aliphatic rings. The highest BCUT2D eigenvalue weighted by Crippen LogP contribution is 2.19. The van der Waals surface area contributed by atoms with Crippen molar-refractivity contribution in [3.05, 3.63) is 66.2 Å². The van der Waals surface area contributed by atoms with E-state index in [0.29, 0.717) is 10.9 Å². The van der Waals surface area contributed by atoms with Gasteiger partial charge in [-0.3, -0.25) is 9.89 Å². The van der Waals surface area contributed by atoms with Crippen molar-refractivity contribution in [1.29, 1.82) is 0 Å². The SMILES string of the molecule is CC(=O)CSc1n[nH]c(-c2ccc(C)cc2)n1.c1ccccc1. The second-order valence-corrected chi connectivity index (χ2v) is 5.92. The van der Waals surface area contributed by atoms with E-state index in [1.807, 2.05) is 67.6 Å². The maximum Gasteiger partial charge on any atom is 0.209 e. The van der Waals surface area contributed by atoms with Crippen LogP contribution in [0.5, 0.6) is 0 Å². The number of H-pyrrole nitrogens is 1. The number of rotatable bonds is 4. The second-order valence-electron chi connectivity index (χ2n) is 4.98. The van der Waals surface area contributed by atoms with Gasteiger partial charge < -0.3 is 0 Å². The number of carbonyl (C=O) groups excluding carboxylic acids is 1. The summed E-state index contributed by atoms with van der Waals surface area (Å²) in [6, 6.07) is 20.0. The summed E-state index contributed by atoms with van der Waals surface area (Å²) < 4.78 is 0. The molecular formula is C18H19N3OS. The Labute approximate surface area is 140 Å². The summed E-state index contributed by atoms with van der Waals surface area (Å²) >= 11 is 1.34. The first-order valence-corrected chi connectivity index (χ1v) is 8.25. The van der Waals surface area contributed by atoms with Crippen LogP contribution in [0.3, 0.4) is 0 Å². The molecule has 0 atom stereocenters. The Morgan fingerprint density at radius 3 is 2.13 bits per heavy atom. The normalized spacial score (nSPS) is 9.83. The molecule has 5 heteroatoms. The molecule has 0 bridgehead atoms. The number of Topliss-reactive ketones (excluding diaryl/α,β-unsaturated/α-hetero) is 1. The third-order valence-corrected chi connectivity index (χ3v) is 3.85. The van der Waals surface area contributed by atoms with Crippen LogP contribution in [0.4, 0.5) is 0 Å². The fraction of sp³-hybridized carbons (Fsp3) is 0.167. The van der Waals surface area contributed by atoms with Crippen LogP contribution in [-0.2, 0) is 4.79 Å². The Hall–Kier alpha value is -2.40. The zero-order chi connectivity index (χ0) is 16.5. The number of carbonyl (C=O) groups is 1. The van der Waals surface area contributed by atoms with Gasteiger partial charge in [-0.2, -0.15) is 0 Å². The molecule has 2 aromatic carbocycles. The maximum absolute atomic E-state index is 10.8. The lowest BCUT2D eigenvalue weighted by atomic mass is 10.1. The van der Waals surface area contributed by atoms with E-state index >= 15 is 0 Å². The van der Waals surface area contributed by atoms with E-state index in [0.717, 1.165) is 11.4 Å². The Balaban J connectivity index is 0.000000268. The van der Waals surface area contributed by atoms with Gasteiger partial charge in [0.15, 0.2) is 5.82 Å². The average Bonchev–Trinajstić information content (AvgIpc) is 3.05. The van der Waals surface area contributed by atoms with Crippen molar-refractivity contribution < 1.29 is 4.79 Å². The zero-order valence-corrected chi connectivity index (χ0v) is 14.0. The van der Waals surface area contributed by atoms with Gasteiger partial charge in [-0.25, -0.2) is 4.98 Å². The van der Waals surface area contributed by atoms with Crippen LogP contribution >= 0.6 is 11.8 Å². The Morgan fingerprint density at radius 1 is 1.04 bits per heavy atom. The summed E-state index contributed by atoms with van der Waals surface area (Å²) in [5.41, 5.74) is 2.21. The summed E-state index contributed by atoms with van der Waals surface area (Å²) in [6.07, 6.45) is 0. The number of aryl methyl sites for hydroxylation is 1. The molecule has 3 aromatic rings. The van der Waals surface area contributed by atoms with Crippen molar-refractivity contribution in [1.82, 2.24) is 15.2 Å². The molecule has 3 rings (SSSR count). The number of aromatic nitrogens is 3. The third-order valence-electron chi connectivity index (χ3n) is 2.86. The van der Waals surface area contributed by atoms with E-state index < -0.39 is 0 Å². The summed E-state index contributed by atoms with van der Waals surface area (Å²) in [5, 5.41) is 7.54. The molecule has 0 aliphatic carbocycles. The van der Waals surface area contributed by atoms with E-state index in [9.17, 15) is 4.79 Å². The Bertz CT molecular complexity index is 697. The summed E-state index contributed by atoms with van der Waals surface area (Å²) in [6.45, 7) is 3.60. The third kappa shape index (κ3) is 6.08. The minimum Gasteiger partial charge on any atom is -0.299 e. The molecule has 1 N–H and O–H groups in total. The van der Waals surface area contributed by atoms with E-state index in [2.05, 4.69) is 15.2 Å². The fourth-order valence-corrected chi connectivity index (χ4v) is 2.30. The maximum atomic E-state index is 10.8. The molecule has 1 heterocycles. The van der Waals surface area contributed by atoms with Gasteiger partial charge in [0, 0.05) is 5.56 Å². The second kappa shape index (κ2) is 8.90. The molecule has 0 radical (unpaired) electrons. The number of hydrogen-bond acceptors (Lipinski definition) is 4. The molecule has 1 aromatic heterocycles. The lowest BCUT2D eigenvalue weighted by Crippen LogP contribution is -1.93. The number of ketones is 1. The van der Waals surface area contributed by atoms with Crippen molar-refractivity contribution in [3.8, 4) is 11.4 Å². The first-order chi connectivity index (χ1) is 11.1. The monoisotopic (exact) mass is 325 g/mol. The van der Waals surface area contributed by atoms with Crippen LogP contribution in [0.2, 0.25) is 0 Å². The minimum atomic E-state index is 0.122. The van der Waals surface area contributed by atoms with Gasteiger partial charge in [-0.1, -0.05) is 78.0 Å². The number of hydrogen-bond donors (Lipinski definition) is 1.